The Morgan fingerprint density at radius 2 is 1.05 bits per heavy atom. The molecular weight excluding hydrogens is 532 g/mol. The van der Waals surface area contributed by atoms with Gasteiger partial charge in [-0.15, -0.1) is 0 Å². The van der Waals surface area contributed by atoms with Crippen LogP contribution in [-0.2, 0) is 14.3 Å². The van der Waals surface area contributed by atoms with E-state index in [4.69, 9.17) is 9.84 Å². The van der Waals surface area contributed by atoms with Gasteiger partial charge in [0, 0.05) is 12.8 Å². The molecular formula is C39H66O4. The molecule has 1 unspecified atom stereocenters. The molecule has 0 bridgehead atoms. The number of unbranched alkanes of at least 4 members (excludes halogenated alkanes) is 14. The van der Waals surface area contributed by atoms with E-state index in [1.807, 2.05) is 6.08 Å². The molecule has 0 fully saturated rings. The number of rotatable bonds is 31. The van der Waals surface area contributed by atoms with E-state index in [1.165, 1.54) is 70.6 Å². The molecule has 0 aliphatic heterocycles. The number of hydrogen-bond acceptors (Lipinski definition) is 3. The molecule has 4 heteroatoms. The van der Waals surface area contributed by atoms with Gasteiger partial charge in [0.1, 0.15) is 6.10 Å². The van der Waals surface area contributed by atoms with Gasteiger partial charge in [-0.05, 0) is 83.1 Å². The molecule has 0 heterocycles. The Morgan fingerprint density at radius 3 is 1.65 bits per heavy atom. The molecule has 0 aromatic heterocycles. The molecule has 246 valence electrons. The Kier molecular flexibility index (Phi) is 32.3. The molecule has 0 saturated carbocycles. The van der Waals surface area contributed by atoms with Crippen LogP contribution >= 0.6 is 0 Å². The maximum atomic E-state index is 12.5. The topological polar surface area (TPSA) is 63.6 Å². The lowest BCUT2D eigenvalue weighted by atomic mass is 10.1. The maximum Gasteiger partial charge on any atom is 0.306 e. The van der Waals surface area contributed by atoms with Gasteiger partial charge in [-0.2, -0.15) is 0 Å². The molecule has 4 nitrogen and oxygen atoms in total. The predicted octanol–water partition coefficient (Wildman–Crippen LogP) is 12.2. The fourth-order valence-electron chi connectivity index (χ4n) is 4.85. The second kappa shape index (κ2) is 34.1. The van der Waals surface area contributed by atoms with Crippen molar-refractivity contribution in [3.63, 3.8) is 0 Å². The predicted molar refractivity (Wildman–Crippen MR) is 185 cm³/mol. The summed E-state index contributed by atoms with van der Waals surface area (Å²) >= 11 is 0. The standard InChI is InChI=1S/C39H66O4/c1-3-5-7-9-11-13-14-15-16-17-18-19-20-21-22-24-26-32-36-39(42)43-37(34-30-27-28-31-35-38(40)41)33-29-25-23-12-10-8-6-4-2/h6,8,12-14,16-17,23,29,33,37H,3-5,7,9-11,15,18-22,24-28,30-32,34-36H2,1-2H3,(H,40,41)/b8-6-,14-13-,17-16-,23-12-,33-29-. The summed E-state index contributed by atoms with van der Waals surface area (Å²) in [5.41, 5.74) is 0. The lowest BCUT2D eigenvalue weighted by molar-refractivity contribution is -0.147. The normalized spacial score (nSPS) is 13.0. The number of hydrogen-bond donors (Lipinski definition) is 1. The van der Waals surface area contributed by atoms with Crippen molar-refractivity contribution in [2.24, 2.45) is 0 Å². The van der Waals surface area contributed by atoms with Crippen LogP contribution in [0.5, 0.6) is 0 Å². The first-order chi connectivity index (χ1) is 21.1. The van der Waals surface area contributed by atoms with Crippen molar-refractivity contribution >= 4 is 11.9 Å². The Bertz CT molecular complexity index is 774. The Morgan fingerprint density at radius 1 is 0.558 bits per heavy atom. The summed E-state index contributed by atoms with van der Waals surface area (Å²) in [5, 5.41) is 8.80. The number of carboxylic acid groups (broad SMARTS) is 1. The number of esters is 1. The highest BCUT2D eigenvalue weighted by Gasteiger charge is 2.11. The van der Waals surface area contributed by atoms with E-state index in [-0.39, 0.29) is 18.5 Å². The number of allylic oxidation sites excluding steroid dienone is 9. The molecule has 1 atom stereocenters. The van der Waals surface area contributed by atoms with Gasteiger partial charge in [0.05, 0.1) is 0 Å². The van der Waals surface area contributed by atoms with E-state index < -0.39 is 5.97 Å². The van der Waals surface area contributed by atoms with E-state index in [0.717, 1.165) is 64.2 Å². The first kappa shape index (κ1) is 40.6. The molecule has 0 aromatic carbocycles. The van der Waals surface area contributed by atoms with Crippen LogP contribution in [-0.4, -0.2) is 23.1 Å². The number of ether oxygens (including phenoxy) is 1. The maximum absolute atomic E-state index is 12.5. The summed E-state index contributed by atoms with van der Waals surface area (Å²) in [6.07, 6.45) is 46.8. The van der Waals surface area contributed by atoms with Crippen LogP contribution in [0.15, 0.2) is 60.8 Å². The molecule has 0 radical (unpaired) electrons. The van der Waals surface area contributed by atoms with Crippen molar-refractivity contribution in [2.45, 2.75) is 174 Å². The minimum atomic E-state index is -0.733. The summed E-state index contributed by atoms with van der Waals surface area (Å²) in [5.74, 6) is -0.832. The van der Waals surface area contributed by atoms with Gasteiger partial charge in [-0.3, -0.25) is 9.59 Å². The molecule has 0 aliphatic carbocycles. The fourth-order valence-corrected chi connectivity index (χ4v) is 4.85. The Hall–Kier alpha value is -2.36. The Balaban J connectivity index is 4.03. The molecule has 0 spiro atoms. The second-order valence-electron chi connectivity index (χ2n) is 11.7. The number of carboxylic acids is 1. The zero-order valence-corrected chi connectivity index (χ0v) is 28.0. The van der Waals surface area contributed by atoms with Crippen molar-refractivity contribution in [1.82, 2.24) is 0 Å². The minimum absolute atomic E-state index is 0.0982. The number of carbonyl (C=O) groups excluding carboxylic acids is 1. The van der Waals surface area contributed by atoms with Crippen molar-refractivity contribution in [3.05, 3.63) is 60.8 Å². The highest BCUT2D eigenvalue weighted by Crippen LogP contribution is 2.15. The summed E-state index contributed by atoms with van der Waals surface area (Å²) in [7, 11) is 0. The summed E-state index contributed by atoms with van der Waals surface area (Å²) in [6.45, 7) is 4.39. The summed E-state index contributed by atoms with van der Waals surface area (Å²) < 4.78 is 5.82. The molecule has 1 N–H and O–H groups in total. The van der Waals surface area contributed by atoms with Gasteiger partial charge in [0.2, 0.25) is 0 Å². The molecule has 0 saturated heterocycles. The van der Waals surface area contributed by atoms with Crippen molar-refractivity contribution in [2.75, 3.05) is 0 Å². The van der Waals surface area contributed by atoms with Gasteiger partial charge < -0.3 is 9.84 Å². The van der Waals surface area contributed by atoms with Crippen molar-refractivity contribution in [3.8, 4) is 0 Å². The first-order valence-electron chi connectivity index (χ1n) is 17.8. The molecule has 43 heavy (non-hydrogen) atoms. The second-order valence-corrected chi connectivity index (χ2v) is 11.7. The summed E-state index contributed by atoms with van der Waals surface area (Å²) in [6, 6.07) is 0. The van der Waals surface area contributed by atoms with Crippen LogP contribution in [0.2, 0.25) is 0 Å². The van der Waals surface area contributed by atoms with Crippen molar-refractivity contribution in [1.29, 1.82) is 0 Å². The molecule has 0 aliphatic rings. The van der Waals surface area contributed by atoms with Gasteiger partial charge in [-0.25, -0.2) is 0 Å². The smallest absolute Gasteiger partial charge is 0.306 e. The Labute approximate surface area is 265 Å². The molecule has 0 rings (SSSR count). The zero-order valence-electron chi connectivity index (χ0n) is 28.0. The van der Waals surface area contributed by atoms with Gasteiger partial charge in [-0.1, -0.05) is 133 Å². The van der Waals surface area contributed by atoms with Gasteiger partial charge in [0.15, 0.2) is 0 Å². The highest BCUT2D eigenvalue weighted by atomic mass is 16.5. The third kappa shape index (κ3) is 34.0. The van der Waals surface area contributed by atoms with Crippen molar-refractivity contribution < 1.29 is 19.4 Å². The van der Waals surface area contributed by atoms with Gasteiger partial charge >= 0.3 is 11.9 Å². The third-order valence-corrected chi connectivity index (χ3v) is 7.46. The lowest BCUT2D eigenvalue weighted by Crippen LogP contribution is -2.16. The van der Waals surface area contributed by atoms with Crippen LogP contribution in [0.25, 0.3) is 0 Å². The first-order valence-corrected chi connectivity index (χ1v) is 17.8. The third-order valence-electron chi connectivity index (χ3n) is 7.46. The van der Waals surface area contributed by atoms with Crippen LogP contribution < -0.4 is 0 Å². The van der Waals surface area contributed by atoms with E-state index in [9.17, 15) is 9.59 Å². The number of carbonyl (C=O) groups is 2. The molecule has 0 amide bonds. The van der Waals surface area contributed by atoms with Crippen LogP contribution in [0, 0.1) is 0 Å². The average molecular weight is 599 g/mol. The van der Waals surface area contributed by atoms with Crippen LogP contribution in [0.3, 0.4) is 0 Å². The quantitative estimate of drug-likeness (QED) is 0.0490. The lowest BCUT2D eigenvalue weighted by Gasteiger charge is -2.14. The van der Waals surface area contributed by atoms with Gasteiger partial charge in [0.25, 0.3) is 0 Å². The summed E-state index contributed by atoms with van der Waals surface area (Å²) in [4.78, 5) is 23.2. The minimum Gasteiger partial charge on any atom is -0.481 e. The zero-order chi connectivity index (χ0) is 31.5. The van der Waals surface area contributed by atoms with E-state index >= 15 is 0 Å². The van der Waals surface area contributed by atoms with E-state index in [1.54, 1.807) is 0 Å². The molecule has 0 aromatic rings. The van der Waals surface area contributed by atoms with E-state index in [2.05, 4.69) is 68.5 Å². The number of aliphatic carboxylic acids is 1. The van der Waals surface area contributed by atoms with Crippen LogP contribution in [0.4, 0.5) is 0 Å². The van der Waals surface area contributed by atoms with Crippen LogP contribution in [0.1, 0.15) is 168 Å². The highest BCUT2D eigenvalue weighted by molar-refractivity contribution is 5.69. The monoisotopic (exact) mass is 598 g/mol. The fraction of sp³-hybridized carbons (Fsp3) is 0.692. The largest absolute Gasteiger partial charge is 0.481 e. The average Bonchev–Trinajstić information content (AvgIpc) is 2.99. The SMILES string of the molecule is CC/C=C\C/C=C\C/C=C\C(CCCCCCC(=O)O)OC(=O)CCCCCCCCC/C=C\C/C=C\CCCCCC. The van der Waals surface area contributed by atoms with E-state index in [0.29, 0.717) is 12.8 Å².